The minimum atomic E-state index is -4.51. The fourth-order valence-corrected chi connectivity index (χ4v) is 4.31. The Labute approximate surface area is 192 Å². The second kappa shape index (κ2) is 8.48. The first-order valence-electron chi connectivity index (χ1n) is 10.7. The van der Waals surface area contributed by atoms with E-state index in [1.165, 1.54) is 18.2 Å². The second-order valence-electron chi connectivity index (χ2n) is 8.07. The van der Waals surface area contributed by atoms with Gasteiger partial charge in [0.25, 0.3) is 11.5 Å². The molecule has 0 aliphatic carbocycles. The number of imide groups is 1. The molecule has 0 bridgehead atoms. The van der Waals surface area contributed by atoms with E-state index in [0.717, 1.165) is 6.07 Å². The number of rotatable bonds is 5. The van der Waals surface area contributed by atoms with Crippen molar-refractivity contribution in [3.05, 3.63) is 81.8 Å². The lowest BCUT2D eigenvalue weighted by Crippen LogP contribution is -2.31. The number of hydrogen-bond acceptors (Lipinski definition) is 4. The summed E-state index contributed by atoms with van der Waals surface area (Å²) in [5, 5.41) is 2.50. The SMILES string of the molecule is CCC(/C=C1\OC(=O)NC1=O)(CC)c1ccc(-c2ccc3cccc(C(F)(F)F)c3c2)[nH]c1=O. The molecule has 2 aromatic carbocycles. The molecule has 0 radical (unpaired) electrons. The minimum absolute atomic E-state index is 0.0349. The Kier molecular flexibility index (Phi) is 5.80. The fraction of sp³-hybridized carbons (Fsp3) is 0.240. The van der Waals surface area contributed by atoms with Crippen LogP contribution in [-0.4, -0.2) is 17.0 Å². The number of aromatic amines is 1. The minimum Gasteiger partial charge on any atom is -0.404 e. The smallest absolute Gasteiger partial charge is 0.404 e. The molecule has 0 spiro atoms. The van der Waals surface area contributed by atoms with Crippen molar-refractivity contribution in [3.8, 4) is 11.3 Å². The molecule has 1 aliphatic heterocycles. The summed E-state index contributed by atoms with van der Waals surface area (Å²) in [7, 11) is 0. The van der Waals surface area contributed by atoms with Gasteiger partial charge in [-0.1, -0.05) is 44.2 Å². The van der Waals surface area contributed by atoms with Crippen molar-refractivity contribution in [1.82, 2.24) is 10.3 Å². The standard InChI is InChI=1S/C25H21F3N2O4/c1-3-24(4-2,13-20-22(32)30-23(33)34-20)18-10-11-19(29-21(18)31)15-9-8-14-6-5-7-17(16(14)12-15)25(26,27)28/h5-13H,3-4H2,1-2H3,(H,29,31)(H,30,32,33)/b20-13-. The van der Waals surface area contributed by atoms with E-state index in [-0.39, 0.29) is 11.1 Å². The quantitative estimate of drug-likeness (QED) is 0.488. The van der Waals surface area contributed by atoms with Gasteiger partial charge in [-0.05, 0) is 53.5 Å². The van der Waals surface area contributed by atoms with Gasteiger partial charge in [-0.15, -0.1) is 0 Å². The molecule has 4 rings (SSSR count). The highest BCUT2D eigenvalue weighted by Gasteiger charge is 2.35. The molecular formula is C25H21F3N2O4. The number of amides is 2. The van der Waals surface area contributed by atoms with Crippen LogP contribution in [0.15, 0.2) is 65.2 Å². The van der Waals surface area contributed by atoms with E-state index in [0.29, 0.717) is 35.0 Å². The first-order valence-corrected chi connectivity index (χ1v) is 10.7. The van der Waals surface area contributed by atoms with E-state index < -0.39 is 34.7 Å². The first-order chi connectivity index (χ1) is 16.1. The largest absolute Gasteiger partial charge is 0.419 e. The van der Waals surface area contributed by atoms with E-state index in [2.05, 4.69) is 4.98 Å². The van der Waals surface area contributed by atoms with E-state index >= 15 is 0 Å². The van der Waals surface area contributed by atoms with Gasteiger partial charge >= 0.3 is 12.3 Å². The van der Waals surface area contributed by atoms with Gasteiger partial charge in [0.2, 0.25) is 0 Å². The number of aromatic nitrogens is 1. The Morgan fingerprint density at radius 2 is 1.68 bits per heavy atom. The summed E-state index contributed by atoms with van der Waals surface area (Å²) in [6.45, 7) is 3.68. The summed E-state index contributed by atoms with van der Waals surface area (Å²) in [6.07, 6.45) is -3.05. The lowest BCUT2D eigenvalue weighted by atomic mass is 9.75. The summed E-state index contributed by atoms with van der Waals surface area (Å²) in [5.74, 6) is -0.854. The van der Waals surface area contributed by atoms with Gasteiger partial charge in [-0.2, -0.15) is 13.2 Å². The number of pyridine rings is 1. The number of ether oxygens (including phenoxy) is 1. The van der Waals surface area contributed by atoms with Crippen molar-refractivity contribution in [2.75, 3.05) is 0 Å². The van der Waals surface area contributed by atoms with Crippen molar-refractivity contribution < 1.29 is 27.5 Å². The summed E-state index contributed by atoms with van der Waals surface area (Å²) in [4.78, 5) is 39.2. The average Bonchev–Trinajstić information content (AvgIpc) is 3.12. The topological polar surface area (TPSA) is 88.3 Å². The molecule has 6 nitrogen and oxygen atoms in total. The number of alkyl carbamates (subject to hydrolysis) is 1. The Balaban J connectivity index is 1.80. The zero-order chi connectivity index (χ0) is 24.7. The van der Waals surface area contributed by atoms with E-state index in [4.69, 9.17) is 4.74 Å². The number of fused-ring (bicyclic) bond motifs is 1. The molecule has 3 aromatic rings. The Morgan fingerprint density at radius 3 is 2.26 bits per heavy atom. The molecule has 1 saturated heterocycles. The van der Waals surface area contributed by atoms with Crippen LogP contribution in [0.1, 0.15) is 37.8 Å². The van der Waals surface area contributed by atoms with Crippen LogP contribution in [0.25, 0.3) is 22.0 Å². The van der Waals surface area contributed by atoms with Crippen LogP contribution < -0.4 is 10.9 Å². The van der Waals surface area contributed by atoms with Gasteiger partial charge in [-0.25, -0.2) is 4.79 Å². The maximum Gasteiger partial charge on any atom is 0.419 e. The van der Waals surface area contributed by atoms with Gasteiger partial charge < -0.3 is 9.72 Å². The summed E-state index contributed by atoms with van der Waals surface area (Å²) in [5.41, 5.74) is -0.970. The molecular weight excluding hydrogens is 449 g/mol. The van der Waals surface area contributed by atoms with E-state index in [1.54, 1.807) is 30.3 Å². The third-order valence-electron chi connectivity index (χ3n) is 6.26. The number of halogens is 3. The van der Waals surface area contributed by atoms with E-state index in [9.17, 15) is 27.6 Å². The predicted octanol–water partition coefficient (Wildman–Crippen LogP) is 5.42. The molecule has 1 fully saturated rings. The third-order valence-corrected chi connectivity index (χ3v) is 6.26. The van der Waals surface area contributed by atoms with Crippen LogP contribution in [0.2, 0.25) is 0 Å². The molecule has 0 unspecified atom stereocenters. The molecule has 34 heavy (non-hydrogen) atoms. The normalized spacial score (nSPS) is 15.6. The molecule has 1 aromatic heterocycles. The number of nitrogens with one attached hydrogen (secondary N) is 2. The predicted molar refractivity (Wildman–Crippen MR) is 120 cm³/mol. The molecule has 1 aliphatic rings. The van der Waals surface area contributed by atoms with Crippen molar-refractivity contribution in [2.45, 2.75) is 38.3 Å². The number of cyclic esters (lactones) is 1. The number of alkyl halides is 3. The monoisotopic (exact) mass is 470 g/mol. The molecule has 0 saturated carbocycles. The molecule has 176 valence electrons. The van der Waals surface area contributed by atoms with Crippen molar-refractivity contribution >= 4 is 22.8 Å². The highest BCUT2D eigenvalue weighted by atomic mass is 19.4. The van der Waals surface area contributed by atoms with Crippen molar-refractivity contribution in [1.29, 1.82) is 0 Å². The number of H-pyrrole nitrogens is 1. The zero-order valence-corrected chi connectivity index (χ0v) is 18.4. The van der Waals surface area contributed by atoms with Crippen molar-refractivity contribution in [3.63, 3.8) is 0 Å². The average molecular weight is 470 g/mol. The molecule has 0 atom stereocenters. The lowest BCUT2D eigenvalue weighted by Gasteiger charge is -2.28. The Hall–Kier alpha value is -3.88. The maximum atomic E-state index is 13.5. The fourth-order valence-electron chi connectivity index (χ4n) is 4.31. The van der Waals surface area contributed by atoms with Gasteiger partial charge in [0.1, 0.15) is 0 Å². The molecule has 2 N–H and O–H groups in total. The van der Waals surface area contributed by atoms with Crippen LogP contribution in [0.5, 0.6) is 0 Å². The van der Waals surface area contributed by atoms with Gasteiger partial charge in [0, 0.05) is 16.7 Å². The van der Waals surface area contributed by atoms with Crippen LogP contribution in [-0.2, 0) is 21.1 Å². The second-order valence-corrected chi connectivity index (χ2v) is 8.07. The van der Waals surface area contributed by atoms with Crippen LogP contribution in [0.3, 0.4) is 0 Å². The van der Waals surface area contributed by atoms with Crippen LogP contribution in [0, 0.1) is 0 Å². The number of carbonyl (C=O) groups excluding carboxylic acids is 2. The highest BCUT2D eigenvalue weighted by Crippen LogP contribution is 2.37. The lowest BCUT2D eigenvalue weighted by molar-refractivity contribution is -0.136. The maximum absolute atomic E-state index is 13.5. The van der Waals surface area contributed by atoms with Gasteiger partial charge in [0.05, 0.1) is 5.56 Å². The molecule has 9 heteroatoms. The Morgan fingerprint density at radius 1 is 0.941 bits per heavy atom. The van der Waals surface area contributed by atoms with Crippen LogP contribution in [0.4, 0.5) is 18.0 Å². The van der Waals surface area contributed by atoms with Crippen molar-refractivity contribution in [2.24, 2.45) is 0 Å². The summed E-state index contributed by atoms with van der Waals surface area (Å²) in [6, 6.07) is 11.8. The summed E-state index contributed by atoms with van der Waals surface area (Å²) < 4.78 is 45.3. The number of allylic oxidation sites excluding steroid dienone is 1. The number of carbonyl (C=O) groups is 2. The van der Waals surface area contributed by atoms with Gasteiger partial charge in [0.15, 0.2) is 5.76 Å². The number of benzene rings is 2. The molecule has 2 amide bonds. The van der Waals surface area contributed by atoms with Gasteiger partial charge in [-0.3, -0.25) is 14.9 Å². The summed E-state index contributed by atoms with van der Waals surface area (Å²) >= 11 is 0. The Bertz CT molecular complexity index is 1380. The first kappa shape index (κ1) is 23.3. The third kappa shape index (κ3) is 4.09. The molecule has 2 heterocycles. The highest BCUT2D eigenvalue weighted by molar-refractivity contribution is 6.07. The number of hydrogen-bond donors (Lipinski definition) is 2. The van der Waals surface area contributed by atoms with E-state index in [1.807, 2.05) is 19.2 Å². The zero-order valence-electron chi connectivity index (χ0n) is 18.4. The van der Waals surface area contributed by atoms with Crippen LogP contribution >= 0.6 is 0 Å².